The number of benzene rings is 1. The molecule has 110 valence electrons. The summed E-state index contributed by atoms with van der Waals surface area (Å²) in [5, 5.41) is 13.3. The zero-order valence-electron chi connectivity index (χ0n) is 11.3. The molecule has 0 radical (unpaired) electrons. The Balaban J connectivity index is 3.02. The van der Waals surface area contributed by atoms with E-state index < -0.39 is 28.4 Å². The summed E-state index contributed by atoms with van der Waals surface area (Å²) in [5.74, 6) is -1.51. The molecule has 1 aromatic rings. The number of anilines is 1. The first-order valence-corrected chi connectivity index (χ1v) is 5.85. The average Bonchev–Trinajstić information content (AvgIpc) is 2.40. The molecular weight excluding hydrogens is 271 g/mol. The van der Waals surface area contributed by atoms with Gasteiger partial charge in [-0.1, -0.05) is 0 Å². The zero-order valence-corrected chi connectivity index (χ0v) is 11.3. The topological polar surface area (TPSA) is 90.7 Å². The maximum atomic E-state index is 13.8. The minimum Gasteiger partial charge on any atom is -0.490 e. The van der Waals surface area contributed by atoms with Crippen molar-refractivity contribution in [1.29, 1.82) is 0 Å². The number of nitro groups is 1. The smallest absolute Gasteiger partial charge is 0.328 e. The minimum absolute atomic E-state index is 0.0759. The molecule has 0 aliphatic rings. The van der Waals surface area contributed by atoms with Crippen molar-refractivity contribution < 1.29 is 23.6 Å². The molecule has 0 saturated carbocycles. The van der Waals surface area contributed by atoms with Gasteiger partial charge < -0.3 is 14.8 Å². The fourth-order valence-electron chi connectivity index (χ4n) is 1.52. The molecule has 0 bridgehead atoms. The van der Waals surface area contributed by atoms with Gasteiger partial charge in [-0.25, -0.2) is 9.18 Å². The largest absolute Gasteiger partial charge is 0.490 e. The van der Waals surface area contributed by atoms with Crippen LogP contribution < -0.4 is 10.1 Å². The van der Waals surface area contributed by atoms with Crippen molar-refractivity contribution >= 4 is 17.3 Å². The predicted octanol–water partition coefficient (Wildman–Crippen LogP) is 2.11. The summed E-state index contributed by atoms with van der Waals surface area (Å²) in [6.07, 6.45) is 0. The second-order valence-electron chi connectivity index (χ2n) is 3.88. The van der Waals surface area contributed by atoms with Gasteiger partial charge in [-0.05, 0) is 13.8 Å². The average molecular weight is 286 g/mol. The number of ether oxygens (including phenoxy) is 2. The monoisotopic (exact) mass is 286 g/mol. The highest BCUT2D eigenvalue weighted by atomic mass is 19.1. The second-order valence-corrected chi connectivity index (χ2v) is 3.88. The van der Waals surface area contributed by atoms with E-state index in [-0.39, 0.29) is 18.0 Å². The first-order valence-electron chi connectivity index (χ1n) is 5.85. The molecule has 0 aliphatic heterocycles. The van der Waals surface area contributed by atoms with Gasteiger partial charge in [0.25, 0.3) is 0 Å². The van der Waals surface area contributed by atoms with Crippen LogP contribution in [0, 0.1) is 15.9 Å². The fraction of sp³-hybridized carbons (Fsp3) is 0.417. The van der Waals surface area contributed by atoms with Crippen molar-refractivity contribution in [3.8, 4) is 5.75 Å². The normalized spacial score (nSPS) is 11.6. The summed E-state index contributed by atoms with van der Waals surface area (Å²) < 4.78 is 23.4. The molecule has 1 atom stereocenters. The Hall–Kier alpha value is -2.38. The third kappa shape index (κ3) is 3.56. The van der Waals surface area contributed by atoms with E-state index >= 15 is 0 Å². The van der Waals surface area contributed by atoms with Crippen LogP contribution in [-0.2, 0) is 9.53 Å². The van der Waals surface area contributed by atoms with Gasteiger partial charge in [0.1, 0.15) is 6.04 Å². The Morgan fingerprint density at radius 1 is 1.55 bits per heavy atom. The molecule has 0 saturated heterocycles. The van der Waals surface area contributed by atoms with Gasteiger partial charge in [-0.3, -0.25) is 10.1 Å². The third-order valence-electron chi connectivity index (χ3n) is 2.48. The van der Waals surface area contributed by atoms with E-state index in [0.29, 0.717) is 0 Å². The van der Waals surface area contributed by atoms with E-state index in [2.05, 4.69) is 5.32 Å². The highest BCUT2D eigenvalue weighted by Crippen LogP contribution is 2.32. The lowest BCUT2D eigenvalue weighted by Gasteiger charge is -2.15. The second kappa shape index (κ2) is 6.69. The first kappa shape index (κ1) is 15.7. The molecule has 0 aromatic heterocycles. The quantitative estimate of drug-likeness (QED) is 0.489. The fourth-order valence-corrected chi connectivity index (χ4v) is 1.52. The van der Waals surface area contributed by atoms with Gasteiger partial charge in [-0.15, -0.1) is 0 Å². The van der Waals surface area contributed by atoms with Crippen molar-refractivity contribution in [2.75, 3.05) is 19.0 Å². The van der Waals surface area contributed by atoms with Crippen LogP contribution in [-0.4, -0.2) is 30.7 Å². The number of methoxy groups -OCH3 is 1. The van der Waals surface area contributed by atoms with Gasteiger partial charge in [0.2, 0.25) is 0 Å². The highest BCUT2D eigenvalue weighted by molar-refractivity contribution is 5.79. The molecule has 20 heavy (non-hydrogen) atoms. The number of nitro benzene ring substituents is 1. The van der Waals surface area contributed by atoms with Crippen LogP contribution >= 0.6 is 0 Å². The standard InChI is InChI=1S/C12H15FN2O5/c1-4-20-12(16)7(2)14-9-6-11(19-3)10(15(17)18)5-8(9)13/h5-7,14H,4H2,1-3H3. The highest BCUT2D eigenvalue weighted by Gasteiger charge is 2.21. The molecule has 8 heteroatoms. The van der Waals surface area contributed by atoms with Crippen molar-refractivity contribution in [3.05, 3.63) is 28.1 Å². The number of halogens is 1. The van der Waals surface area contributed by atoms with E-state index in [4.69, 9.17) is 9.47 Å². The maximum Gasteiger partial charge on any atom is 0.328 e. The number of hydrogen-bond acceptors (Lipinski definition) is 6. The summed E-state index contributed by atoms with van der Waals surface area (Å²) in [6, 6.07) is 1.07. The molecule has 1 unspecified atom stereocenters. The molecule has 0 aliphatic carbocycles. The maximum absolute atomic E-state index is 13.8. The van der Waals surface area contributed by atoms with Crippen molar-refractivity contribution in [2.45, 2.75) is 19.9 Å². The Labute approximate surface area is 114 Å². The van der Waals surface area contributed by atoms with Gasteiger partial charge >= 0.3 is 11.7 Å². The molecule has 0 fully saturated rings. The number of nitrogens with one attached hydrogen (secondary N) is 1. The Kier molecular flexibility index (Phi) is 5.24. The van der Waals surface area contributed by atoms with Crippen LogP contribution in [0.25, 0.3) is 0 Å². The van der Waals surface area contributed by atoms with Gasteiger partial charge in [0.05, 0.1) is 30.4 Å². The summed E-state index contributed by atoms with van der Waals surface area (Å²) >= 11 is 0. The van der Waals surface area contributed by atoms with E-state index in [9.17, 15) is 19.3 Å². The Morgan fingerprint density at radius 2 is 2.20 bits per heavy atom. The summed E-state index contributed by atoms with van der Waals surface area (Å²) in [6.45, 7) is 3.35. The van der Waals surface area contributed by atoms with Crippen LogP contribution in [0.1, 0.15) is 13.8 Å². The minimum atomic E-state index is -0.853. The molecule has 1 N–H and O–H groups in total. The number of rotatable bonds is 6. The van der Waals surface area contributed by atoms with Gasteiger partial charge in [-0.2, -0.15) is 0 Å². The molecule has 7 nitrogen and oxygen atoms in total. The van der Waals surface area contributed by atoms with E-state index in [0.717, 1.165) is 12.1 Å². The van der Waals surface area contributed by atoms with Crippen LogP contribution in [0.5, 0.6) is 5.75 Å². The van der Waals surface area contributed by atoms with E-state index in [1.807, 2.05) is 0 Å². The van der Waals surface area contributed by atoms with Crippen molar-refractivity contribution in [2.24, 2.45) is 0 Å². The van der Waals surface area contributed by atoms with Gasteiger partial charge in [0, 0.05) is 6.07 Å². The Morgan fingerprint density at radius 3 is 2.70 bits per heavy atom. The Bertz CT molecular complexity index is 521. The number of carbonyl (C=O) groups excluding carboxylic acids is 1. The molecule has 0 spiro atoms. The number of esters is 1. The van der Waals surface area contributed by atoms with Crippen LogP contribution in [0.4, 0.5) is 15.8 Å². The zero-order chi connectivity index (χ0) is 15.3. The lowest BCUT2D eigenvalue weighted by atomic mass is 10.2. The summed E-state index contributed by atoms with van der Waals surface area (Å²) in [4.78, 5) is 21.4. The van der Waals surface area contributed by atoms with E-state index in [1.165, 1.54) is 14.0 Å². The van der Waals surface area contributed by atoms with E-state index in [1.54, 1.807) is 6.92 Å². The number of nitrogens with zero attached hydrogens (tertiary/aromatic N) is 1. The lowest BCUT2D eigenvalue weighted by molar-refractivity contribution is -0.385. The molecule has 1 aromatic carbocycles. The van der Waals surface area contributed by atoms with Gasteiger partial charge in [0.15, 0.2) is 11.6 Å². The number of hydrogen-bond donors (Lipinski definition) is 1. The summed E-state index contributed by atoms with van der Waals surface area (Å²) in [7, 11) is 1.23. The molecule has 0 heterocycles. The summed E-state index contributed by atoms with van der Waals surface area (Å²) in [5.41, 5.74) is -0.563. The predicted molar refractivity (Wildman–Crippen MR) is 69.3 cm³/mol. The van der Waals surface area contributed by atoms with Crippen molar-refractivity contribution in [1.82, 2.24) is 0 Å². The van der Waals surface area contributed by atoms with Crippen LogP contribution in [0.2, 0.25) is 0 Å². The molecule has 1 rings (SSSR count). The number of carbonyl (C=O) groups is 1. The molecule has 0 amide bonds. The third-order valence-corrected chi connectivity index (χ3v) is 2.48. The van der Waals surface area contributed by atoms with Crippen LogP contribution in [0.3, 0.4) is 0 Å². The molecular formula is C12H15FN2O5. The van der Waals surface area contributed by atoms with Crippen molar-refractivity contribution in [3.63, 3.8) is 0 Å². The lowest BCUT2D eigenvalue weighted by Crippen LogP contribution is -2.28. The van der Waals surface area contributed by atoms with Crippen LogP contribution in [0.15, 0.2) is 12.1 Å². The first-order chi connectivity index (χ1) is 9.40. The SMILES string of the molecule is CCOC(=O)C(C)Nc1cc(OC)c([N+](=O)[O-])cc1F.